The Morgan fingerprint density at radius 3 is 2.72 bits per heavy atom. The van der Waals surface area contributed by atoms with E-state index in [-0.39, 0.29) is 0 Å². The van der Waals surface area contributed by atoms with Gasteiger partial charge >= 0.3 is 0 Å². The third-order valence-electron chi connectivity index (χ3n) is 4.33. The van der Waals surface area contributed by atoms with E-state index in [1.165, 1.54) is 16.3 Å². The third kappa shape index (κ3) is 3.00. The van der Waals surface area contributed by atoms with E-state index >= 15 is 0 Å². The molecule has 0 radical (unpaired) electrons. The minimum atomic E-state index is 0.611. The molecular formula is C21H16N4. The Balaban J connectivity index is 1.57. The molecule has 4 rings (SSSR count). The molecule has 0 aliphatic carbocycles. The van der Waals surface area contributed by atoms with Gasteiger partial charge in [0.1, 0.15) is 12.1 Å². The molecule has 0 aliphatic rings. The van der Waals surface area contributed by atoms with Crippen LogP contribution in [0.2, 0.25) is 0 Å². The largest absolute Gasteiger partial charge is 0.369 e. The number of anilines is 1. The van der Waals surface area contributed by atoms with Crippen LogP contribution in [0.4, 0.5) is 5.82 Å². The quantitative estimate of drug-likeness (QED) is 0.607. The van der Waals surface area contributed by atoms with Crippen LogP contribution in [0.5, 0.6) is 0 Å². The Morgan fingerprint density at radius 2 is 1.80 bits per heavy atom. The standard InChI is InChI=1S/C21H16N4/c22-13-15-8-9-20-19(12-15)21(25-14-24-20)23-11-10-17-6-3-5-16-4-1-2-7-18(16)17/h1-9,12,14H,10-11H2,(H,23,24,25). The first-order chi connectivity index (χ1) is 12.3. The number of fused-ring (bicyclic) bond motifs is 2. The van der Waals surface area contributed by atoms with Crippen molar-refractivity contribution in [1.82, 2.24) is 9.97 Å². The number of nitriles is 1. The highest BCUT2D eigenvalue weighted by Gasteiger charge is 2.05. The SMILES string of the molecule is N#Cc1ccc2ncnc(NCCc3cccc4ccccc34)c2c1. The van der Waals surface area contributed by atoms with Gasteiger partial charge in [0.2, 0.25) is 0 Å². The summed E-state index contributed by atoms with van der Waals surface area (Å²) in [5.74, 6) is 0.766. The Labute approximate surface area is 145 Å². The lowest BCUT2D eigenvalue weighted by Gasteiger charge is -2.10. The first-order valence-electron chi connectivity index (χ1n) is 8.20. The second kappa shape index (κ2) is 6.58. The number of nitrogens with one attached hydrogen (secondary N) is 1. The molecule has 3 aromatic carbocycles. The van der Waals surface area contributed by atoms with Crippen molar-refractivity contribution >= 4 is 27.5 Å². The molecule has 0 bridgehead atoms. The molecule has 0 saturated heterocycles. The van der Waals surface area contributed by atoms with Crippen LogP contribution in [0.3, 0.4) is 0 Å². The van der Waals surface area contributed by atoms with Crippen LogP contribution in [-0.2, 0) is 6.42 Å². The lowest BCUT2D eigenvalue weighted by molar-refractivity contribution is 1.02. The highest BCUT2D eigenvalue weighted by atomic mass is 15.0. The number of nitrogens with zero attached hydrogens (tertiary/aromatic N) is 3. The van der Waals surface area contributed by atoms with Crippen LogP contribution < -0.4 is 5.32 Å². The Hall–Kier alpha value is -3.45. The van der Waals surface area contributed by atoms with E-state index in [4.69, 9.17) is 5.26 Å². The number of benzene rings is 3. The molecule has 0 saturated carbocycles. The Morgan fingerprint density at radius 1 is 0.920 bits per heavy atom. The highest BCUT2D eigenvalue weighted by Crippen LogP contribution is 2.22. The first kappa shape index (κ1) is 15.1. The van der Waals surface area contributed by atoms with E-state index in [0.29, 0.717) is 5.56 Å². The lowest BCUT2D eigenvalue weighted by atomic mass is 10.0. The summed E-state index contributed by atoms with van der Waals surface area (Å²) in [6.07, 6.45) is 2.44. The van der Waals surface area contributed by atoms with Crippen LogP contribution in [0.15, 0.2) is 67.0 Å². The molecule has 0 spiro atoms. The summed E-state index contributed by atoms with van der Waals surface area (Å²) in [6.45, 7) is 0.761. The maximum absolute atomic E-state index is 9.10. The Kier molecular flexibility index (Phi) is 3.97. The van der Waals surface area contributed by atoms with Gasteiger partial charge in [-0.3, -0.25) is 0 Å². The zero-order valence-electron chi connectivity index (χ0n) is 13.6. The van der Waals surface area contributed by atoms with Crippen LogP contribution in [0, 0.1) is 11.3 Å². The topological polar surface area (TPSA) is 61.6 Å². The average Bonchev–Trinajstić information content (AvgIpc) is 2.68. The van der Waals surface area contributed by atoms with Crippen molar-refractivity contribution in [1.29, 1.82) is 5.26 Å². The molecule has 1 heterocycles. The lowest BCUT2D eigenvalue weighted by Crippen LogP contribution is -2.07. The monoisotopic (exact) mass is 324 g/mol. The van der Waals surface area contributed by atoms with Gasteiger partial charge in [-0.05, 0) is 41.0 Å². The molecule has 4 nitrogen and oxygen atoms in total. The van der Waals surface area contributed by atoms with Crippen molar-refractivity contribution in [3.05, 3.63) is 78.1 Å². The summed E-state index contributed by atoms with van der Waals surface area (Å²) in [7, 11) is 0. The van der Waals surface area contributed by atoms with Crippen LogP contribution in [-0.4, -0.2) is 16.5 Å². The van der Waals surface area contributed by atoms with Gasteiger partial charge in [-0.1, -0.05) is 42.5 Å². The van der Waals surface area contributed by atoms with E-state index < -0.39 is 0 Å². The molecule has 0 aliphatic heterocycles. The van der Waals surface area contributed by atoms with Crippen LogP contribution in [0.1, 0.15) is 11.1 Å². The molecule has 120 valence electrons. The minimum absolute atomic E-state index is 0.611. The van der Waals surface area contributed by atoms with E-state index in [1.54, 1.807) is 12.4 Å². The van der Waals surface area contributed by atoms with E-state index in [9.17, 15) is 0 Å². The minimum Gasteiger partial charge on any atom is -0.369 e. The Bertz CT molecular complexity index is 1090. The van der Waals surface area contributed by atoms with Gasteiger partial charge in [-0.25, -0.2) is 9.97 Å². The summed E-state index contributed by atoms with van der Waals surface area (Å²) in [5.41, 5.74) is 2.75. The predicted molar refractivity (Wildman–Crippen MR) is 100 cm³/mol. The summed E-state index contributed by atoms with van der Waals surface area (Å²) in [4.78, 5) is 8.61. The molecule has 1 aromatic heterocycles. The second-order valence-corrected chi connectivity index (χ2v) is 5.88. The molecule has 1 N–H and O–H groups in total. The zero-order valence-corrected chi connectivity index (χ0v) is 13.6. The molecule has 4 heteroatoms. The van der Waals surface area contributed by atoms with Crippen molar-refractivity contribution in [2.75, 3.05) is 11.9 Å². The molecule has 25 heavy (non-hydrogen) atoms. The number of aromatic nitrogens is 2. The van der Waals surface area contributed by atoms with Gasteiger partial charge in [0.05, 0.1) is 17.1 Å². The average molecular weight is 324 g/mol. The van der Waals surface area contributed by atoms with Crippen molar-refractivity contribution in [2.24, 2.45) is 0 Å². The fraction of sp³-hybridized carbons (Fsp3) is 0.0952. The molecule has 4 aromatic rings. The van der Waals surface area contributed by atoms with Gasteiger partial charge < -0.3 is 5.32 Å². The number of hydrogen-bond acceptors (Lipinski definition) is 4. The van der Waals surface area contributed by atoms with Gasteiger partial charge in [-0.15, -0.1) is 0 Å². The van der Waals surface area contributed by atoms with Crippen LogP contribution in [0.25, 0.3) is 21.7 Å². The third-order valence-corrected chi connectivity index (χ3v) is 4.33. The molecule has 0 fully saturated rings. The van der Waals surface area contributed by atoms with Gasteiger partial charge in [0.25, 0.3) is 0 Å². The molecule has 0 atom stereocenters. The molecule has 0 amide bonds. The summed E-state index contributed by atoms with van der Waals surface area (Å²) < 4.78 is 0. The summed E-state index contributed by atoms with van der Waals surface area (Å²) in [5, 5.41) is 15.9. The van der Waals surface area contributed by atoms with Crippen molar-refractivity contribution in [2.45, 2.75) is 6.42 Å². The van der Waals surface area contributed by atoms with Gasteiger partial charge in [0, 0.05) is 11.9 Å². The predicted octanol–water partition coefficient (Wildman–Crippen LogP) is 4.31. The van der Waals surface area contributed by atoms with Crippen molar-refractivity contribution in [3.63, 3.8) is 0 Å². The fourth-order valence-corrected chi connectivity index (χ4v) is 3.09. The first-order valence-corrected chi connectivity index (χ1v) is 8.20. The second-order valence-electron chi connectivity index (χ2n) is 5.88. The van der Waals surface area contributed by atoms with E-state index in [2.05, 4.69) is 63.8 Å². The fourth-order valence-electron chi connectivity index (χ4n) is 3.09. The number of rotatable bonds is 4. The van der Waals surface area contributed by atoms with Gasteiger partial charge in [0.15, 0.2) is 0 Å². The highest BCUT2D eigenvalue weighted by molar-refractivity contribution is 5.90. The zero-order chi connectivity index (χ0) is 17.1. The van der Waals surface area contributed by atoms with E-state index in [0.717, 1.165) is 29.7 Å². The van der Waals surface area contributed by atoms with Crippen molar-refractivity contribution < 1.29 is 0 Å². The maximum atomic E-state index is 9.10. The van der Waals surface area contributed by atoms with Crippen molar-refractivity contribution in [3.8, 4) is 6.07 Å². The normalized spacial score (nSPS) is 10.7. The summed E-state index contributed by atoms with van der Waals surface area (Å²) >= 11 is 0. The van der Waals surface area contributed by atoms with Gasteiger partial charge in [-0.2, -0.15) is 5.26 Å². The summed E-state index contributed by atoms with van der Waals surface area (Å²) in [6, 6.07) is 22.4. The smallest absolute Gasteiger partial charge is 0.137 e. The van der Waals surface area contributed by atoms with Crippen LogP contribution >= 0.6 is 0 Å². The van der Waals surface area contributed by atoms with E-state index in [1.807, 2.05) is 12.1 Å². The maximum Gasteiger partial charge on any atom is 0.137 e. The molecule has 0 unspecified atom stereocenters. The number of hydrogen-bond donors (Lipinski definition) is 1. The molecular weight excluding hydrogens is 308 g/mol.